The van der Waals surface area contributed by atoms with Crippen LogP contribution in [0.15, 0.2) is 23.3 Å². The highest BCUT2D eigenvalue weighted by Gasteiger charge is 2.09. The summed E-state index contributed by atoms with van der Waals surface area (Å²) in [6, 6.07) is 5.58. The average Bonchev–Trinajstić information content (AvgIpc) is 2.66. The Morgan fingerprint density at radius 2 is 2.04 bits per heavy atom. The zero-order chi connectivity index (χ0) is 17.9. The maximum absolute atomic E-state index is 5.33. The molecule has 25 heavy (non-hydrogen) atoms. The lowest BCUT2D eigenvalue weighted by Crippen LogP contribution is -2.39. The van der Waals surface area contributed by atoms with Gasteiger partial charge in [-0.15, -0.1) is 0 Å². The fraction of sp³-hybridized carbons (Fsp3) is 0.529. The van der Waals surface area contributed by atoms with Crippen LogP contribution in [0.1, 0.15) is 12.0 Å². The van der Waals surface area contributed by atoms with Crippen LogP contribution in [0.5, 0.6) is 11.5 Å². The lowest BCUT2D eigenvalue weighted by Gasteiger charge is -2.26. The van der Waals surface area contributed by atoms with Crippen molar-refractivity contribution in [3.05, 3.63) is 23.8 Å². The molecule has 0 atom stereocenters. The Kier molecular flexibility index (Phi) is 8.44. The summed E-state index contributed by atoms with van der Waals surface area (Å²) < 4.78 is 15.8. The van der Waals surface area contributed by atoms with E-state index >= 15 is 0 Å². The van der Waals surface area contributed by atoms with E-state index in [2.05, 4.69) is 20.7 Å². The minimum absolute atomic E-state index is 0.513. The van der Waals surface area contributed by atoms with Crippen LogP contribution in [0.3, 0.4) is 0 Å². The lowest BCUT2D eigenvalue weighted by molar-refractivity contribution is 0.0376. The van der Waals surface area contributed by atoms with Crippen molar-refractivity contribution >= 4 is 23.5 Å². The summed E-state index contributed by atoms with van der Waals surface area (Å²) >= 11 is 5.21. The number of methoxy groups -OCH3 is 2. The van der Waals surface area contributed by atoms with E-state index in [9.17, 15) is 0 Å². The summed E-state index contributed by atoms with van der Waals surface area (Å²) in [7, 11) is 3.21. The van der Waals surface area contributed by atoms with Crippen molar-refractivity contribution < 1.29 is 14.2 Å². The highest BCUT2D eigenvalue weighted by atomic mass is 32.1. The Morgan fingerprint density at radius 1 is 1.28 bits per heavy atom. The molecule has 0 bridgehead atoms. The van der Waals surface area contributed by atoms with E-state index in [-0.39, 0.29) is 0 Å². The fourth-order valence-electron chi connectivity index (χ4n) is 2.47. The van der Waals surface area contributed by atoms with Gasteiger partial charge in [-0.25, -0.2) is 0 Å². The van der Waals surface area contributed by atoms with E-state index < -0.39 is 0 Å². The van der Waals surface area contributed by atoms with Crippen LogP contribution in [-0.2, 0) is 4.74 Å². The molecule has 1 aromatic rings. The van der Waals surface area contributed by atoms with Gasteiger partial charge >= 0.3 is 0 Å². The molecule has 0 radical (unpaired) electrons. The molecule has 7 nitrogen and oxygen atoms in total. The highest BCUT2D eigenvalue weighted by Crippen LogP contribution is 2.26. The summed E-state index contributed by atoms with van der Waals surface area (Å²) in [6.45, 7) is 5.55. The van der Waals surface area contributed by atoms with Gasteiger partial charge in [0.05, 0.1) is 33.6 Å². The van der Waals surface area contributed by atoms with Crippen molar-refractivity contribution in [2.75, 3.05) is 53.6 Å². The molecule has 0 aromatic heterocycles. The molecule has 1 aliphatic heterocycles. The summed E-state index contributed by atoms with van der Waals surface area (Å²) in [5.74, 6) is 1.35. The number of hydrazone groups is 1. The van der Waals surface area contributed by atoms with Gasteiger partial charge in [-0.1, -0.05) is 0 Å². The highest BCUT2D eigenvalue weighted by molar-refractivity contribution is 7.80. The minimum Gasteiger partial charge on any atom is -0.493 e. The van der Waals surface area contributed by atoms with Gasteiger partial charge in [0.1, 0.15) is 0 Å². The van der Waals surface area contributed by atoms with Gasteiger partial charge in [-0.2, -0.15) is 5.10 Å². The Labute approximate surface area is 154 Å². The molecule has 1 heterocycles. The number of thiocarbonyl (C=S) groups is 1. The molecule has 2 N–H and O–H groups in total. The number of hydrogen-bond donors (Lipinski definition) is 2. The molecule has 8 heteroatoms. The van der Waals surface area contributed by atoms with Crippen molar-refractivity contribution in [1.82, 2.24) is 15.6 Å². The van der Waals surface area contributed by atoms with E-state index in [0.717, 1.165) is 51.4 Å². The number of rotatable bonds is 8. The van der Waals surface area contributed by atoms with Crippen LogP contribution in [0.25, 0.3) is 0 Å². The molecule has 0 amide bonds. The zero-order valence-electron chi connectivity index (χ0n) is 14.8. The molecular weight excluding hydrogens is 340 g/mol. The van der Waals surface area contributed by atoms with Gasteiger partial charge in [0.2, 0.25) is 0 Å². The second-order valence-electron chi connectivity index (χ2n) is 5.55. The Balaban J connectivity index is 1.66. The molecule has 1 aliphatic rings. The summed E-state index contributed by atoms with van der Waals surface area (Å²) in [6.07, 6.45) is 2.71. The first kappa shape index (κ1) is 19.4. The van der Waals surface area contributed by atoms with Gasteiger partial charge < -0.3 is 19.5 Å². The van der Waals surface area contributed by atoms with Crippen molar-refractivity contribution in [2.45, 2.75) is 6.42 Å². The van der Waals surface area contributed by atoms with Gasteiger partial charge in [0, 0.05) is 19.6 Å². The SMILES string of the molecule is COc1ccc(C=NNC(=S)NCCCN2CCOCC2)cc1OC. The van der Waals surface area contributed by atoms with E-state index in [4.69, 9.17) is 26.4 Å². The third kappa shape index (κ3) is 6.85. The monoisotopic (exact) mass is 366 g/mol. The predicted octanol–water partition coefficient (Wildman–Crippen LogP) is 1.22. The Hall–Kier alpha value is -1.90. The first-order chi connectivity index (χ1) is 12.2. The molecule has 0 unspecified atom stereocenters. The van der Waals surface area contributed by atoms with Crippen molar-refractivity contribution in [2.24, 2.45) is 5.10 Å². The van der Waals surface area contributed by atoms with Crippen LogP contribution >= 0.6 is 12.2 Å². The molecule has 1 fully saturated rings. The van der Waals surface area contributed by atoms with Crippen LogP contribution in [0, 0.1) is 0 Å². The molecular formula is C17H26N4O3S. The van der Waals surface area contributed by atoms with Gasteiger partial charge in [-0.05, 0) is 48.9 Å². The average molecular weight is 366 g/mol. The second-order valence-corrected chi connectivity index (χ2v) is 5.96. The number of benzene rings is 1. The van der Waals surface area contributed by atoms with Gasteiger partial charge in [0.25, 0.3) is 0 Å². The van der Waals surface area contributed by atoms with E-state index in [1.54, 1.807) is 20.4 Å². The Morgan fingerprint density at radius 3 is 2.76 bits per heavy atom. The van der Waals surface area contributed by atoms with Crippen molar-refractivity contribution in [3.8, 4) is 11.5 Å². The smallest absolute Gasteiger partial charge is 0.186 e. The number of hydrogen-bond acceptors (Lipinski definition) is 6. The standard InChI is InChI=1S/C17H26N4O3S/c1-22-15-5-4-14(12-16(15)23-2)13-19-20-17(25)18-6-3-7-21-8-10-24-11-9-21/h4-5,12-13H,3,6-11H2,1-2H3,(H2,18,20,25). The maximum atomic E-state index is 5.33. The van der Waals surface area contributed by atoms with E-state index in [0.29, 0.717) is 16.6 Å². The maximum Gasteiger partial charge on any atom is 0.186 e. The molecule has 138 valence electrons. The lowest BCUT2D eigenvalue weighted by atomic mass is 10.2. The second kappa shape index (κ2) is 10.9. The largest absolute Gasteiger partial charge is 0.493 e. The van der Waals surface area contributed by atoms with E-state index in [1.807, 2.05) is 18.2 Å². The third-order valence-electron chi connectivity index (χ3n) is 3.83. The summed E-state index contributed by atoms with van der Waals surface area (Å²) in [4.78, 5) is 2.40. The zero-order valence-corrected chi connectivity index (χ0v) is 15.6. The number of nitrogens with one attached hydrogen (secondary N) is 2. The van der Waals surface area contributed by atoms with Crippen LogP contribution in [-0.4, -0.2) is 69.8 Å². The number of nitrogens with zero attached hydrogens (tertiary/aromatic N) is 2. The summed E-state index contributed by atoms with van der Waals surface area (Å²) in [5, 5.41) is 7.80. The molecule has 0 aliphatic carbocycles. The molecule has 0 spiro atoms. The molecule has 1 saturated heterocycles. The van der Waals surface area contributed by atoms with Crippen molar-refractivity contribution in [1.29, 1.82) is 0 Å². The van der Waals surface area contributed by atoms with Crippen LogP contribution < -0.4 is 20.2 Å². The Bertz CT molecular complexity index is 577. The van der Waals surface area contributed by atoms with Crippen LogP contribution in [0.2, 0.25) is 0 Å². The predicted molar refractivity (Wildman–Crippen MR) is 103 cm³/mol. The molecule has 0 saturated carbocycles. The quantitative estimate of drug-likeness (QED) is 0.310. The van der Waals surface area contributed by atoms with Crippen molar-refractivity contribution in [3.63, 3.8) is 0 Å². The molecule has 1 aromatic carbocycles. The normalized spacial score (nSPS) is 15.1. The topological polar surface area (TPSA) is 67.4 Å². The number of ether oxygens (including phenoxy) is 3. The minimum atomic E-state index is 0.513. The third-order valence-corrected chi connectivity index (χ3v) is 4.06. The number of morpholine rings is 1. The first-order valence-electron chi connectivity index (χ1n) is 8.32. The summed E-state index contributed by atoms with van der Waals surface area (Å²) in [5.41, 5.74) is 3.71. The molecule has 2 rings (SSSR count). The first-order valence-corrected chi connectivity index (χ1v) is 8.73. The van der Waals surface area contributed by atoms with Gasteiger partial charge in [-0.3, -0.25) is 10.3 Å². The fourth-order valence-corrected chi connectivity index (χ4v) is 2.62. The van der Waals surface area contributed by atoms with Gasteiger partial charge in [0.15, 0.2) is 16.6 Å². The van der Waals surface area contributed by atoms with E-state index in [1.165, 1.54) is 0 Å². The van der Waals surface area contributed by atoms with Crippen LogP contribution in [0.4, 0.5) is 0 Å².